The van der Waals surface area contributed by atoms with Crippen molar-refractivity contribution in [2.45, 2.75) is 50.8 Å². The van der Waals surface area contributed by atoms with Crippen molar-refractivity contribution in [2.75, 3.05) is 26.3 Å². The molecule has 0 bridgehead atoms. The van der Waals surface area contributed by atoms with Gasteiger partial charge in [0.2, 0.25) is 11.8 Å². The molecule has 0 radical (unpaired) electrons. The largest absolute Gasteiger partial charge is 0.406 e. The van der Waals surface area contributed by atoms with E-state index in [0.29, 0.717) is 59.5 Å². The normalized spacial score (nSPS) is 24.4. The molecule has 10 heteroatoms. The van der Waals surface area contributed by atoms with Crippen molar-refractivity contribution in [3.05, 3.63) is 59.4 Å². The number of imidazole rings is 1. The van der Waals surface area contributed by atoms with E-state index in [1.165, 1.54) is 6.08 Å². The number of primary amides is 1. The molecule has 2 fully saturated rings. The lowest BCUT2D eigenvalue weighted by molar-refractivity contribution is -0.126. The molecule has 4 heterocycles. The third-order valence-corrected chi connectivity index (χ3v) is 7.50. The summed E-state index contributed by atoms with van der Waals surface area (Å²) in [6, 6.07) is 5.34. The number of aromatic nitrogens is 2. The Bertz CT molecular complexity index is 1280. The van der Waals surface area contributed by atoms with Crippen LogP contribution in [-0.4, -0.2) is 75.8 Å². The Morgan fingerprint density at radius 2 is 2.14 bits per heavy atom. The summed E-state index contributed by atoms with van der Waals surface area (Å²) in [5.74, 6) is -0.0716. The van der Waals surface area contributed by atoms with E-state index in [0.717, 1.165) is 25.7 Å². The second-order valence-electron chi connectivity index (χ2n) is 9.73. The number of carbonyl (C=O) groups excluding carboxylic acids is 2. The Kier molecular flexibility index (Phi) is 7.26. The summed E-state index contributed by atoms with van der Waals surface area (Å²) < 4.78 is 7.22. The van der Waals surface area contributed by atoms with Crippen molar-refractivity contribution in [1.29, 1.82) is 0 Å². The fourth-order valence-electron chi connectivity index (χ4n) is 5.44. The molecule has 3 aliphatic rings. The number of halogens is 1. The zero-order chi connectivity index (χ0) is 26.1. The number of fused-ring (bicyclic) bond motifs is 1. The van der Waals surface area contributed by atoms with Gasteiger partial charge < -0.3 is 25.1 Å². The van der Waals surface area contributed by atoms with Crippen LogP contribution in [0.5, 0.6) is 0 Å². The molecule has 1 aromatic heterocycles. The van der Waals surface area contributed by atoms with E-state index in [1.54, 1.807) is 16.9 Å². The number of ether oxygens (including phenoxy) is 1. The van der Waals surface area contributed by atoms with Crippen LogP contribution in [0.4, 0.5) is 0 Å². The number of rotatable bonds is 6. The van der Waals surface area contributed by atoms with Crippen LogP contribution in [0.1, 0.15) is 38.4 Å². The monoisotopic (exact) mass is 525 g/mol. The third-order valence-electron chi connectivity index (χ3n) is 7.20. The van der Waals surface area contributed by atoms with Gasteiger partial charge in [-0.3, -0.25) is 9.59 Å². The molecule has 2 saturated heterocycles. The van der Waals surface area contributed by atoms with Gasteiger partial charge in [-0.1, -0.05) is 24.2 Å². The van der Waals surface area contributed by atoms with Crippen molar-refractivity contribution >= 4 is 40.1 Å². The molecule has 0 aliphatic carbocycles. The topological polar surface area (TPSA) is 103 Å². The number of hydrogen-bond donors (Lipinski definition) is 1. The van der Waals surface area contributed by atoms with Gasteiger partial charge >= 0.3 is 0 Å². The van der Waals surface area contributed by atoms with E-state index in [9.17, 15) is 9.59 Å². The van der Waals surface area contributed by atoms with Crippen LogP contribution < -0.4 is 10.6 Å². The fraction of sp³-hybridized carbons (Fsp3) is 0.444. The molecular formula is C27H32ClN5O4. The highest BCUT2D eigenvalue weighted by molar-refractivity contribution is 6.35. The summed E-state index contributed by atoms with van der Waals surface area (Å²) in [5.41, 5.74) is 8.17. The lowest BCUT2D eigenvalue weighted by atomic mass is 9.98. The van der Waals surface area contributed by atoms with Gasteiger partial charge in [-0.2, -0.15) is 4.73 Å². The second kappa shape index (κ2) is 10.6. The van der Waals surface area contributed by atoms with Crippen LogP contribution in [0.25, 0.3) is 16.7 Å². The maximum absolute atomic E-state index is 12.6. The lowest BCUT2D eigenvalue weighted by Crippen LogP contribution is -2.48. The molecule has 5 rings (SSSR count). The summed E-state index contributed by atoms with van der Waals surface area (Å²) in [6.45, 7) is 8.00. The number of amides is 2. The van der Waals surface area contributed by atoms with Gasteiger partial charge in [-0.05, 0) is 56.5 Å². The van der Waals surface area contributed by atoms with Crippen molar-refractivity contribution in [3.8, 4) is 0 Å². The first-order chi connectivity index (χ1) is 17.9. The van der Waals surface area contributed by atoms with Gasteiger partial charge in [0.15, 0.2) is 11.9 Å². The Morgan fingerprint density at radius 1 is 1.30 bits per heavy atom. The van der Waals surface area contributed by atoms with E-state index in [-0.39, 0.29) is 24.1 Å². The number of hydrogen-bond acceptors (Lipinski definition) is 6. The van der Waals surface area contributed by atoms with Crippen LogP contribution in [0, 0.1) is 0 Å². The molecule has 0 saturated carbocycles. The molecule has 3 aliphatic heterocycles. The number of carbonyl (C=O) groups is 2. The molecule has 37 heavy (non-hydrogen) atoms. The quantitative estimate of drug-likeness (QED) is 0.582. The van der Waals surface area contributed by atoms with Crippen LogP contribution in [0.2, 0.25) is 5.02 Å². The molecule has 196 valence electrons. The zero-order valence-electron chi connectivity index (χ0n) is 20.9. The number of likely N-dealkylation sites (tertiary alicyclic amines) is 1. The molecular weight excluding hydrogens is 494 g/mol. The van der Waals surface area contributed by atoms with Gasteiger partial charge in [-0.15, -0.1) is 0 Å². The standard InChI is InChI=1S/C27H32ClN5O4/c1-3-24(34)31-11-5-4-7-19(15-31)32-17(2)13-18(26(29)35)14-23(32)27-30-22-9-6-8-21(28)25(22)33(27)37-20-10-12-36-16-20/h3,6,8-9,13-14,17,19-20H,1,4-5,7,10-12,15-16H2,2H3,(H2,29,35)/t17?,19-,20?/m1/s1. The van der Waals surface area contributed by atoms with Crippen molar-refractivity contribution in [1.82, 2.24) is 19.5 Å². The van der Waals surface area contributed by atoms with E-state index in [2.05, 4.69) is 11.5 Å². The first kappa shape index (κ1) is 25.4. The van der Waals surface area contributed by atoms with Crippen LogP contribution in [0.3, 0.4) is 0 Å². The fourth-order valence-corrected chi connectivity index (χ4v) is 5.68. The van der Waals surface area contributed by atoms with E-state index >= 15 is 0 Å². The van der Waals surface area contributed by atoms with Crippen molar-refractivity contribution in [3.63, 3.8) is 0 Å². The lowest BCUT2D eigenvalue weighted by Gasteiger charge is -2.41. The molecule has 2 aromatic rings. The van der Waals surface area contributed by atoms with Crippen LogP contribution >= 0.6 is 11.6 Å². The Labute approximate surface area is 221 Å². The first-order valence-corrected chi connectivity index (χ1v) is 13.1. The summed E-state index contributed by atoms with van der Waals surface area (Å²) in [5, 5.41) is 0.508. The number of para-hydroxylation sites is 1. The summed E-state index contributed by atoms with van der Waals surface area (Å²) in [7, 11) is 0. The summed E-state index contributed by atoms with van der Waals surface area (Å²) >= 11 is 6.64. The molecule has 1 aromatic carbocycles. The maximum atomic E-state index is 12.6. The van der Waals surface area contributed by atoms with Crippen LogP contribution in [-0.2, 0) is 14.3 Å². The SMILES string of the molecule is C=CC(=O)N1CCCC[C@@H](N2C(c3nc4cccc(Cl)c4n3OC3CCOC3)=CC(C(N)=O)=CC2C)C1. The van der Waals surface area contributed by atoms with Crippen LogP contribution in [0.15, 0.2) is 48.6 Å². The number of nitrogens with zero attached hydrogens (tertiary/aromatic N) is 4. The molecule has 2 N–H and O–H groups in total. The smallest absolute Gasteiger partial charge is 0.248 e. The molecule has 0 spiro atoms. The molecule has 2 amide bonds. The van der Waals surface area contributed by atoms with E-state index in [1.807, 2.05) is 30.0 Å². The molecule has 2 unspecified atom stereocenters. The Morgan fingerprint density at radius 3 is 2.86 bits per heavy atom. The summed E-state index contributed by atoms with van der Waals surface area (Å²) in [6.07, 6.45) is 8.34. The highest BCUT2D eigenvalue weighted by Crippen LogP contribution is 2.35. The van der Waals surface area contributed by atoms with Gasteiger partial charge in [0.25, 0.3) is 0 Å². The van der Waals surface area contributed by atoms with E-state index < -0.39 is 5.91 Å². The minimum atomic E-state index is -0.515. The Balaban J connectivity index is 1.64. The molecule has 3 atom stereocenters. The predicted molar refractivity (Wildman–Crippen MR) is 142 cm³/mol. The summed E-state index contributed by atoms with van der Waals surface area (Å²) in [4.78, 5) is 40.3. The van der Waals surface area contributed by atoms with Crippen molar-refractivity contribution in [2.24, 2.45) is 5.73 Å². The van der Waals surface area contributed by atoms with Crippen molar-refractivity contribution < 1.29 is 19.2 Å². The number of benzene rings is 1. The van der Waals surface area contributed by atoms with Gasteiger partial charge in [0.05, 0.1) is 29.5 Å². The minimum absolute atomic E-state index is 0.0168. The highest BCUT2D eigenvalue weighted by atomic mass is 35.5. The third kappa shape index (κ3) is 4.98. The number of nitrogens with two attached hydrogens (primary N) is 1. The average Bonchev–Trinajstić information content (AvgIpc) is 3.45. The first-order valence-electron chi connectivity index (χ1n) is 12.7. The predicted octanol–water partition coefficient (Wildman–Crippen LogP) is 2.93. The maximum Gasteiger partial charge on any atom is 0.248 e. The molecule has 9 nitrogen and oxygen atoms in total. The van der Waals surface area contributed by atoms with Gasteiger partial charge in [0, 0.05) is 37.2 Å². The van der Waals surface area contributed by atoms with Gasteiger partial charge in [-0.25, -0.2) is 4.98 Å². The van der Waals surface area contributed by atoms with E-state index in [4.69, 9.17) is 31.9 Å². The zero-order valence-corrected chi connectivity index (χ0v) is 21.7. The highest BCUT2D eigenvalue weighted by Gasteiger charge is 2.35. The Hall–Kier alpha value is -3.30. The van der Waals surface area contributed by atoms with Gasteiger partial charge in [0.1, 0.15) is 5.52 Å². The minimum Gasteiger partial charge on any atom is -0.406 e. The second-order valence-corrected chi connectivity index (χ2v) is 10.1. The average molecular weight is 526 g/mol.